The van der Waals surface area contributed by atoms with E-state index >= 15 is 0 Å². The molecule has 0 aliphatic carbocycles. The fourth-order valence-corrected chi connectivity index (χ4v) is 3.67. The summed E-state index contributed by atoms with van der Waals surface area (Å²) >= 11 is 0. The molecule has 3 rings (SSSR count). The van der Waals surface area contributed by atoms with Gasteiger partial charge in [0.2, 0.25) is 5.91 Å². The highest BCUT2D eigenvalue weighted by Crippen LogP contribution is 2.37. The lowest BCUT2D eigenvalue weighted by Gasteiger charge is -2.25. The normalized spacial score (nSPS) is 17.3. The molecule has 0 spiro atoms. The van der Waals surface area contributed by atoms with Crippen LogP contribution in [0.3, 0.4) is 0 Å². The van der Waals surface area contributed by atoms with Crippen molar-refractivity contribution in [2.75, 3.05) is 20.3 Å². The first-order valence-corrected chi connectivity index (χ1v) is 9.04. The zero-order chi connectivity index (χ0) is 21.5. The molecule has 0 radical (unpaired) electrons. The van der Waals surface area contributed by atoms with Gasteiger partial charge < -0.3 is 9.64 Å². The predicted octanol–water partition coefficient (Wildman–Crippen LogP) is 1.35. The van der Waals surface area contributed by atoms with Crippen molar-refractivity contribution in [1.29, 1.82) is 0 Å². The standard InChI is InChI=1S/C18H21F3N4O4/c1-23-15-14(16(27)24(2)17(23)28)10(18(19,20)21)9-11(22-15)12-5-4-7-25(12)13(26)6-8-29-3/h9,12H,4-8H2,1-3H3/t12-/m1/s1. The second kappa shape index (κ2) is 7.62. The van der Waals surface area contributed by atoms with Gasteiger partial charge in [-0.15, -0.1) is 0 Å². The number of amides is 1. The molecule has 29 heavy (non-hydrogen) atoms. The van der Waals surface area contributed by atoms with Gasteiger partial charge in [-0.25, -0.2) is 9.78 Å². The molecule has 11 heteroatoms. The van der Waals surface area contributed by atoms with Gasteiger partial charge in [0.15, 0.2) is 0 Å². The second-order valence-electron chi connectivity index (χ2n) is 6.98. The van der Waals surface area contributed by atoms with Gasteiger partial charge in [-0.1, -0.05) is 0 Å². The summed E-state index contributed by atoms with van der Waals surface area (Å²) in [5, 5.41) is -0.666. The number of hydrogen-bond donors (Lipinski definition) is 0. The fraction of sp³-hybridized carbons (Fsp3) is 0.556. The maximum absolute atomic E-state index is 13.8. The van der Waals surface area contributed by atoms with Crippen molar-refractivity contribution < 1.29 is 22.7 Å². The minimum atomic E-state index is -4.83. The molecular weight excluding hydrogens is 393 g/mol. The van der Waals surface area contributed by atoms with Crippen LogP contribution in [-0.2, 0) is 29.8 Å². The smallest absolute Gasteiger partial charge is 0.384 e. The number of ether oxygens (including phenoxy) is 1. The number of hydrogen-bond acceptors (Lipinski definition) is 5. The maximum Gasteiger partial charge on any atom is 0.417 e. The molecule has 3 heterocycles. The summed E-state index contributed by atoms with van der Waals surface area (Å²) in [6, 6.07) is 0.157. The first-order chi connectivity index (χ1) is 13.6. The summed E-state index contributed by atoms with van der Waals surface area (Å²) in [6.45, 7) is 0.593. The molecule has 0 N–H and O–H groups in total. The van der Waals surface area contributed by atoms with Gasteiger partial charge in [0.1, 0.15) is 5.65 Å². The van der Waals surface area contributed by atoms with Crippen LogP contribution in [0.4, 0.5) is 13.2 Å². The largest absolute Gasteiger partial charge is 0.417 e. The lowest BCUT2D eigenvalue weighted by Crippen LogP contribution is -2.39. The van der Waals surface area contributed by atoms with Gasteiger partial charge in [-0.3, -0.25) is 18.7 Å². The Kier molecular flexibility index (Phi) is 5.52. The molecular formula is C18H21F3N4O4. The van der Waals surface area contributed by atoms with Crippen LogP contribution in [0.5, 0.6) is 0 Å². The molecule has 0 aromatic carbocycles. The summed E-state index contributed by atoms with van der Waals surface area (Å²) in [5.74, 6) is -0.248. The molecule has 1 fully saturated rings. The Morgan fingerprint density at radius 3 is 2.59 bits per heavy atom. The van der Waals surface area contributed by atoms with Gasteiger partial charge >= 0.3 is 11.9 Å². The number of nitrogens with zero attached hydrogens (tertiary/aromatic N) is 4. The molecule has 8 nitrogen and oxygen atoms in total. The molecule has 1 saturated heterocycles. The molecule has 1 amide bonds. The van der Waals surface area contributed by atoms with E-state index < -0.39 is 34.4 Å². The molecule has 158 valence electrons. The van der Waals surface area contributed by atoms with Gasteiger partial charge in [0, 0.05) is 27.7 Å². The predicted molar refractivity (Wildman–Crippen MR) is 97.4 cm³/mol. The van der Waals surface area contributed by atoms with Gasteiger partial charge in [0.05, 0.1) is 35.7 Å². The Hall–Kier alpha value is -2.69. The van der Waals surface area contributed by atoms with E-state index in [1.807, 2.05) is 0 Å². The Morgan fingerprint density at radius 1 is 1.28 bits per heavy atom. The number of alkyl halides is 3. The lowest BCUT2D eigenvalue weighted by atomic mass is 10.0. The van der Waals surface area contributed by atoms with E-state index in [0.29, 0.717) is 24.0 Å². The monoisotopic (exact) mass is 414 g/mol. The molecule has 2 aromatic heterocycles. The number of aromatic nitrogens is 3. The zero-order valence-electron chi connectivity index (χ0n) is 16.2. The van der Waals surface area contributed by atoms with Crippen LogP contribution in [0.1, 0.15) is 36.6 Å². The lowest BCUT2D eigenvalue weighted by molar-refractivity contribution is -0.136. The number of likely N-dealkylation sites (tertiary alicyclic amines) is 1. The Bertz CT molecular complexity index is 1070. The van der Waals surface area contributed by atoms with E-state index in [0.717, 1.165) is 17.7 Å². The van der Waals surface area contributed by atoms with Crippen LogP contribution in [0.25, 0.3) is 11.0 Å². The van der Waals surface area contributed by atoms with E-state index in [9.17, 15) is 27.6 Å². The number of pyridine rings is 1. The number of carbonyl (C=O) groups is 1. The molecule has 1 atom stereocenters. The number of rotatable bonds is 4. The first kappa shape index (κ1) is 21.0. The van der Waals surface area contributed by atoms with Crippen LogP contribution in [0.15, 0.2) is 15.7 Å². The zero-order valence-corrected chi connectivity index (χ0v) is 16.2. The fourth-order valence-electron chi connectivity index (χ4n) is 3.67. The Labute approximate surface area is 163 Å². The highest BCUT2D eigenvalue weighted by Gasteiger charge is 2.38. The minimum Gasteiger partial charge on any atom is -0.384 e. The van der Waals surface area contributed by atoms with E-state index in [4.69, 9.17) is 4.74 Å². The first-order valence-electron chi connectivity index (χ1n) is 9.04. The average Bonchev–Trinajstić information content (AvgIpc) is 3.17. The quantitative estimate of drug-likeness (QED) is 0.754. The van der Waals surface area contributed by atoms with Crippen molar-refractivity contribution >= 4 is 16.9 Å². The number of fused-ring (bicyclic) bond motifs is 1. The topological polar surface area (TPSA) is 86.4 Å². The van der Waals surface area contributed by atoms with E-state index in [1.54, 1.807) is 0 Å². The van der Waals surface area contributed by atoms with Gasteiger partial charge in [-0.05, 0) is 18.9 Å². The summed E-state index contributed by atoms with van der Waals surface area (Å²) in [4.78, 5) is 42.8. The van der Waals surface area contributed by atoms with Crippen molar-refractivity contribution in [3.05, 3.63) is 38.2 Å². The SMILES string of the molecule is COCCC(=O)N1CCC[C@@H]1c1cc(C(F)(F)F)c2c(=O)n(C)c(=O)n(C)c2n1. The number of carbonyl (C=O) groups excluding carboxylic acids is 1. The Balaban J connectivity index is 2.24. The van der Waals surface area contributed by atoms with E-state index in [2.05, 4.69) is 4.98 Å². The van der Waals surface area contributed by atoms with Crippen molar-refractivity contribution in [2.45, 2.75) is 31.5 Å². The van der Waals surface area contributed by atoms with Crippen molar-refractivity contribution in [3.8, 4) is 0 Å². The van der Waals surface area contributed by atoms with Crippen LogP contribution in [0.2, 0.25) is 0 Å². The molecule has 1 aliphatic rings. The van der Waals surface area contributed by atoms with Gasteiger partial charge in [0.25, 0.3) is 5.56 Å². The van der Waals surface area contributed by atoms with Crippen molar-refractivity contribution in [3.63, 3.8) is 0 Å². The molecule has 1 aliphatic heterocycles. The molecule has 0 unspecified atom stereocenters. The highest BCUT2D eigenvalue weighted by molar-refractivity contribution is 5.80. The third-order valence-electron chi connectivity index (χ3n) is 5.17. The average molecular weight is 414 g/mol. The molecule has 2 aromatic rings. The summed E-state index contributed by atoms with van der Waals surface area (Å²) < 4.78 is 47.8. The van der Waals surface area contributed by atoms with Crippen LogP contribution >= 0.6 is 0 Å². The van der Waals surface area contributed by atoms with Crippen molar-refractivity contribution in [1.82, 2.24) is 19.0 Å². The number of halogens is 3. The maximum atomic E-state index is 13.8. The second-order valence-corrected chi connectivity index (χ2v) is 6.98. The summed E-state index contributed by atoms with van der Waals surface area (Å²) in [5.41, 5.74) is -3.34. The third kappa shape index (κ3) is 3.66. The molecule has 0 bridgehead atoms. The minimum absolute atomic E-state index is 0.0105. The van der Waals surface area contributed by atoms with E-state index in [1.165, 1.54) is 19.1 Å². The van der Waals surface area contributed by atoms with Crippen molar-refractivity contribution in [2.24, 2.45) is 14.1 Å². The van der Waals surface area contributed by atoms with Crippen LogP contribution < -0.4 is 11.2 Å². The Morgan fingerprint density at radius 2 is 1.97 bits per heavy atom. The number of methoxy groups -OCH3 is 1. The summed E-state index contributed by atoms with van der Waals surface area (Å²) in [6.07, 6.45) is -3.68. The highest BCUT2D eigenvalue weighted by atomic mass is 19.4. The number of aryl methyl sites for hydroxylation is 1. The van der Waals surface area contributed by atoms with Crippen LogP contribution in [0, 0.1) is 0 Å². The van der Waals surface area contributed by atoms with Gasteiger partial charge in [-0.2, -0.15) is 13.2 Å². The van der Waals surface area contributed by atoms with E-state index in [-0.39, 0.29) is 30.3 Å². The summed E-state index contributed by atoms with van der Waals surface area (Å²) in [7, 11) is 3.83. The van der Waals surface area contributed by atoms with Crippen LogP contribution in [-0.4, -0.2) is 45.2 Å². The third-order valence-corrected chi connectivity index (χ3v) is 5.17. The molecule has 0 saturated carbocycles.